The maximum atomic E-state index is 12.9. The number of nitrogens with zero attached hydrogens (tertiary/aromatic N) is 2. The molecule has 1 aromatic carbocycles. The third-order valence-corrected chi connectivity index (χ3v) is 5.48. The van der Waals surface area contributed by atoms with Gasteiger partial charge in [0.2, 0.25) is 0 Å². The number of furan rings is 1. The number of rotatable bonds is 5. The number of imide groups is 1. The summed E-state index contributed by atoms with van der Waals surface area (Å²) in [5.74, 6) is -0.269. The van der Waals surface area contributed by atoms with Gasteiger partial charge in [-0.1, -0.05) is 0 Å². The minimum atomic E-state index is -0.369. The highest BCUT2D eigenvalue weighted by atomic mass is 16.5. The van der Waals surface area contributed by atoms with Crippen LogP contribution in [0.25, 0.3) is 0 Å². The van der Waals surface area contributed by atoms with E-state index in [9.17, 15) is 14.4 Å². The molecule has 2 atom stereocenters. The van der Waals surface area contributed by atoms with E-state index < -0.39 is 0 Å². The molecule has 1 fully saturated rings. The maximum Gasteiger partial charge on any atom is 0.261 e. The van der Waals surface area contributed by atoms with Crippen LogP contribution in [0.15, 0.2) is 41.0 Å². The molecule has 1 saturated heterocycles. The fourth-order valence-electron chi connectivity index (χ4n) is 3.68. The van der Waals surface area contributed by atoms with Crippen LogP contribution in [0, 0.1) is 0 Å². The highest BCUT2D eigenvalue weighted by molar-refractivity contribution is 6.22. The van der Waals surface area contributed by atoms with Gasteiger partial charge in [0.1, 0.15) is 5.76 Å². The summed E-state index contributed by atoms with van der Waals surface area (Å²) in [5.41, 5.74) is 0.967. The van der Waals surface area contributed by atoms with E-state index in [-0.39, 0.29) is 42.0 Å². The summed E-state index contributed by atoms with van der Waals surface area (Å²) in [6.45, 7) is 2.78. The van der Waals surface area contributed by atoms with Gasteiger partial charge in [0.15, 0.2) is 0 Å². The van der Waals surface area contributed by atoms with Gasteiger partial charge in [-0.05, 0) is 50.1 Å². The average molecular weight is 382 g/mol. The molecule has 28 heavy (non-hydrogen) atoms. The molecule has 2 aromatic rings. The van der Waals surface area contributed by atoms with E-state index in [0.717, 1.165) is 12.8 Å². The second-order valence-electron chi connectivity index (χ2n) is 7.22. The molecule has 0 radical (unpaired) electrons. The molecule has 3 heterocycles. The first-order chi connectivity index (χ1) is 13.5. The number of amides is 3. The summed E-state index contributed by atoms with van der Waals surface area (Å²) in [5, 5.41) is 0. The molecule has 146 valence electrons. The maximum absolute atomic E-state index is 12.9. The Balaban J connectivity index is 1.55. The molecule has 7 nitrogen and oxygen atoms in total. The van der Waals surface area contributed by atoms with E-state index in [0.29, 0.717) is 23.5 Å². The van der Waals surface area contributed by atoms with Crippen LogP contribution in [-0.4, -0.2) is 53.8 Å². The molecule has 0 N–H and O–H groups in total. The largest absolute Gasteiger partial charge is 0.467 e. The number of hydrogen-bond donors (Lipinski definition) is 0. The van der Waals surface area contributed by atoms with Crippen molar-refractivity contribution < 1.29 is 23.5 Å². The van der Waals surface area contributed by atoms with Gasteiger partial charge in [-0.3, -0.25) is 19.3 Å². The Morgan fingerprint density at radius 3 is 2.71 bits per heavy atom. The summed E-state index contributed by atoms with van der Waals surface area (Å²) < 4.78 is 10.9. The van der Waals surface area contributed by atoms with Crippen LogP contribution in [0.3, 0.4) is 0 Å². The molecule has 0 aliphatic carbocycles. The number of ether oxygens (including phenoxy) is 1. The third kappa shape index (κ3) is 3.11. The molecule has 3 amide bonds. The lowest BCUT2D eigenvalue weighted by atomic mass is 10.0. The van der Waals surface area contributed by atoms with Gasteiger partial charge in [-0.2, -0.15) is 0 Å². The van der Waals surface area contributed by atoms with Crippen molar-refractivity contribution in [2.75, 3.05) is 20.2 Å². The number of carbonyl (C=O) groups excluding carboxylic acids is 3. The molecule has 2 unspecified atom stereocenters. The van der Waals surface area contributed by atoms with E-state index in [1.165, 1.54) is 11.0 Å². The van der Waals surface area contributed by atoms with Crippen LogP contribution in [-0.2, 0) is 4.74 Å². The number of benzene rings is 1. The van der Waals surface area contributed by atoms with Gasteiger partial charge in [0, 0.05) is 19.2 Å². The number of fused-ring (bicyclic) bond motifs is 1. The number of carbonyl (C=O) groups is 3. The Morgan fingerprint density at radius 1 is 1.25 bits per heavy atom. The Bertz CT molecular complexity index is 915. The fraction of sp³-hybridized carbons (Fsp3) is 0.381. The summed E-state index contributed by atoms with van der Waals surface area (Å²) in [4.78, 5) is 41.0. The minimum absolute atomic E-state index is 0.108. The zero-order chi connectivity index (χ0) is 19.8. The predicted octanol–water partition coefficient (Wildman–Crippen LogP) is 2.89. The lowest BCUT2D eigenvalue weighted by Crippen LogP contribution is -2.36. The molecule has 0 saturated carbocycles. The highest BCUT2D eigenvalue weighted by Gasteiger charge is 2.38. The number of hydrogen-bond acceptors (Lipinski definition) is 5. The predicted molar refractivity (Wildman–Crippen MR) is 100.0 cm³/mol. The second-order valence-corrected chi connectivity index (χ2v) is 7.22. The monoisotopic (exact) mass is 382 g/mol. The van der Waals surface area contributed by atoms with E-state index in [1.54, 1.807) is 36.4 Å². The van der Waals surface area contributed by atoms with Gasteiger partial charge in [-0.15, -0.1) is 0 Å². The standard InChI is InChI=1S/C21H22N2O5/c1-13(18-6-4-10-28-18)22(2)19(24)14-7-8-16-17(11-14)21(26)23(20(16)25)12-15-5-3-9-27-15/h4,6-8,10-11,13,15H,3,5,9,12H2,1-2H3. The lowest BCUT2D eigenvalue weighted by molar-refractivity contribution is 0.0475. The smallest absolute Gasteiger partial charge is 0.261 e. The fourth-order valence-corrected chi connectivity index (χ4v) is 3.68. The molecular formula is C21H22N2O5. The molecule has 2 aliphatic rings. The Labute approximate surface area is 162 Å². The van der Waals surface area contributed by atoms with Crippen LogP contribution in [0.1, 0.15) is 62.6 Å². The average Bonchev–Trinajstić information content (AvgIpc) is 3.46. The Hall–Kier alpha value is -2.93. The third-order valence-electron chi connectivity index (χ3n) is 5.48. The lowest BCUT2D eigenvalue weighted by Gasteiger charge is -2.23. The summed E-state index contributed by atoms with van der Waals surface area (Å²) in [7, 11) is 1.68. The molecule has 0 bridgehead atoms. The van der Waals surface area contributed by atoms with Crippen LogP contribution in [0.2, 0.25) is 0 Å². The van der Waals surface area contributed by atoms with Crippen molar-refractivity contribution in [3.8, 4) is 0 Å². The van der Waals surface area contributed by atoms with Gasteiger partial charge < -0.3 is 14.1 Å². The normalized spacial score (nSPS) is 19.8. The van der Waals surface area contributed by atoms with Gasteiger partial charge in [0.05, 0.1) is 36.1 Å². The van der Waals surface area contributed by atoms with Crippen molar-refractivity contribution in [1.82, 2.24) is 9.80 Å². The van der Waals surface area contributed by atoms with Crippen molar-refractivity contribution in [1.29, 1.82) is 0 Å². The topological polar surface area (TPSA) is 80.1 Å². The van der Waals surface area contributed by atoms with Crippen molar-refractivity contribution >= 4 is 17.7 Å². The molecular weight excluding hydrogens is 360 g/mol. The van der Waals surface area contributed by atoms with Crippen molar-refractivity contribution in [3.63, 3.8) is 0 Å². The first-order valence-electron chi connectivity index (χ1n) is 9.39. The molecule has 4 rings (SSSR count). The molecule has 1 aromatic heterocycles. The van der Waals surface area contributed by atoms with Gasteiger partial charge in [-0.25, -0.2) is 0 Å². The van der Waals surface area contributed by atoms with Crippen molar-refractivity contribution in [2.24, 2.45) is 0 Å². The minimum Gasteiger partial charge on any atom is -0.467 e. The van der Waals surface area contributed by atoms with Crippen LogP contribution < -0.4 is 0 Å². The van der Waals surface area contributed by atoms with E-state index >= 15 is 0 Å². The molecule has 2 aliphatic heterocycles. The van der Waals surface area contributed by atoms with Crippen LogP contribution in [0.4, 0.5) is 0 Å². The molecule has 7 heteroatoms. The van der Waals surface area contributed by atoms with Crippen LogP contribution >= 0.6 is 0 Å². The molecule has 0 spiro atoms. The summed E-state index contributed by atoms with van der Waals surface area (Å²) >= 11 is 0. The van der Waals surface area contributed by atoms with Gasteiger partial charge >= 0.3 is 0 Å². The SMILES string of the molecule is CC(c1ccco1)N(C)C(=O)c1ccc2c(c1)C(=O)N(CC1CCCO1)C2=O. The Kier molecular flexibility index (Phi) is 4.77. The van der Waals surface area contributed by atoms with Crippen molar-refractivity contribution in [3.05, 3.63) is 59.0 Å². The Morgan fingerprint density at radius 2 is 2.04 bits per heavy atom. The highest BCUT2D eigenvalue weighted by Crippen LogP contribution is 2.27. The van der Waals surface area contributed by atoms with E-state index in [4.69, 9.17) is 9.15 Å². The van der Waals surface area contributed by atoms with Crippen LogP contribution in [0.5, 0.6) is 0 Å². The van der Waals surface area contributed by atoms with Gasteiger partial charge in [0.25, 0.3) is 17.7 Å². The zero-order valence-electron chi connectivity index (χ0n) is 15.9. The second kappa shape index (κ2) is 7.24. The first-order valence-corrected chi connectivity index (χ1v) is 9.39. The van der Waals surface area contributed by atoms with Crippen molar-refractivity contribution in [2.45, 2.75) is 31.9 Å². The summed E-state index contributed by atoms with van der Waals surface area (Å²) in [6, 6.07) is 7.98. The first kappa shape index (κ1) is 18.4. The zero-order valence-corrected chi connectivity index (χ0v) is 15.9. The quantitative estimate of drug-likeness (QED) is 0.743. The summed E-state index contributed by atoms with van der Waals surface area (Å²) in [6.07, 6.45) is 3.23. The van der Waals surface area contributed by atoms with E-state index in [2.05, 4.69) is 0 Å². The van der Waals surface area contributed by atoms with E-state index in [1.807, 2.05) is 13.0 Å².